The lowest BCUT2D eigenvalue weighted by Gasteiger charge is -2.41. The van der Waals surface area contributed by atoms with Crippen molar-refractivity contribution in [3.63, 3.8) is 0 Å². The van der Waals surface area contributed by atoms with Crippen molar-refractivity contribution in [2.75, 3.05) is 11.5 Å². The molecule has 1 atom stereocenters. The van der Waals surface area contributed by atoms with Crippen LogP contribution in [0.5, 0.6) is 0 Å². The topological polar surface area (TPSA) is 34.1 Å². The highest BCUT2D eigenvalue weighted by atomic mass is 32.2. The van der Waals surface area contributed by atoms with Gasteiger partial charge in [-0.25, -0.2) is 0 Å². The van der Waals surface area contributed by atoms with Crippen molar-refractivity contribution in [1.82, 2.24) is 0 Å². The van der Waals surface area contributed by atoms with Crippen LogP contribution >= 0.6 is 23.5 Å². The molecule has 2 rings (SSSR count). The Labute approximate surface area is 129 Å². The molecule has 0 spiro atoms. The van der Waals surface area contributed by atoms with Crippen molar-refractivity contribution in [2.24, 2.45) is 5.92 Å². The average Bonchev–Trinajstić information content (AvgIpc) is 2.46. The maximum atomic E-state index is 12.2. The molecule has 20 heavy (non-hydrogen) atoms. The van der Waals surface area contributed by atoms with E-state index in [2.05, 4.69) is 12.1 Å². The minimum absolute atomic E-state index is 0.0901. The third-order valence-electron chi connectivity index (χ3n) is 3.54. The molecule has 0 saturated carbocycles. The largest absolute Gasteiger partial charge is 0.300 e. The number of hydrogen-bond donors (Lipinski definition) is 0. The predicted molar refractivity (Wildman–Crippen MR) is 87.1 cm³/mol. The quantitative estimate of drug-likeness (QED) is 0.826. The number of rotatable bonds is 5. The number of Topliss-reactive ketones (excluding diaryl/α,β-unsaturated/α-hetero) is 2. The summed E-state index contributed by atoms with van der Waals surface area (Å²) in [5, 5.41) is 0. The lowest BCUT2D eigenvalue weighted by atomic mass is 9.90. The minimum Gasteiger partial charge on any atom is -0.300 e. The van der Waals surface area contributed by atoms with E-state index in [0.717, 1.165) is 23.5 Å². The van der Waals surface area contributed by atoms with Crippen LogP contribution in [0.2, 0.25) is 0 Å². The van der Waals surface area contributed by atoms with Crippen LogP contribution in [0.4, 0.5) is 0 Å². The van der Waals surface area contributed by atoms with E-state index in [4.69, 9.17) is 0 Å². The molecule has 1 aromatic carbocycles. The summed E-state index contributed by atoms with van der Waals surface area (Å²) in [6, 6.07) is 10.2. The predicted octanol–water partition coefficient (Wildman–Crippen LogP) is 3.89. The number of hydrogen-bond acceptors (Lipinski definition) is 4. The van der Waals surface area contributed by atoms with Gasteiger partial charge in [-0.15, -0.1) is 23.5 Å². The molecule has 0 radical (unpaired) electrons. The summed E-state index contributed by atoms with van der Waals surface area (Å²) < 4.78 is -0.295. The molecule has 1 aliphatic rings. The van der Waals surface area contributed by atoms with E-state index in [1.54, 1.807) is 13.8 Å². The molecule has 0 amide bonds. The van der Waals surface area contributed by atoms with Crippen molar-refractivity contribution in [3.05, 3.63) is 35.9 Å². The molecule has 0 bridgehead atoms. The van der Waals surface area contributed by atoms with E-state index in [9.17, 15) is 9.59 Å². The van der Waals surface area contributed by atoms with Gasteiger partial charge in [0.15, 0.2) is 0 Å². The van der Waals surface area contributed by atoms with Crippen LogP contribution in [0.15, 0.2) is 30.3 Å². The van der Waals surface area contributed by atoms with Crippen LogP contribution in [0.3, 0.4) is 0 Å². The van der Waals surface area contributed by atoms with Crippen LogP contribution in [-0.2, 0) is 13.7 Å². The van der Waals surface area contributed by atoms with Crippen LogP contribution in [0.25, 0.3) is 0 Å². The Hall–Kier alpha value is -0.740. The van der Waals surface area contributed by atoms with Crippen LogP contribution in [0.1, 0.15) is 32.3 Å². The molecule has 1 fully saturated rings. The van der Waals surface area contributed by atoms with Crippen LogP contribution in [-0.4, -0.2) is 23.1 Å². The van der Waals surface area contributed by atoms with Crippen molar-refractivity contribution in [2.45, 2.75) is 30.8 Å². The molecular formula is C16H20O2S2. The van der Waals surface area contributed by atoms with Gasteiger partial charge in [0.2, 0.25) is 0 Å². The first kappa shape index (κ1) is 15.6. The average molecular weight is 308 g/mol. The number of thioether (sulfide) groups is 2. The zero-order chi connectivity index (χ0) is 14.6. The van der Waals surface area contributed by atoms with Crippen molar-refractivity contribution in [3.8, 4) is 0 Å². The first-order valence-electron chi connectivity index (χ1n) is 6.89. The standard InChI is InChI=1S/C16H20O2S2/c1-12(17)11-15(13(2)18)16(19-9-6-10-20-16)14-7-4-3-5-8-14/h3-5,7-8,15H,6,9-11H2,1-2H3. The highest BCUT2D eigenvalue weighted by Gasteiger charge is 2.45. The molecular weight excluding hydrogens is 288 g/mol. The Bertz CT molecular complexity index is 479. The Morgan fingerprint density at radius 3 is 2.25 bits per heavy atom. The molecule has 4 heteroatoms. The van der Waals surface area contributed by atoms with Gasteiger partial charge >= 0.3 is 0 Å². The van der Waals surface area contributed by atoms with Gasteiger partial charge in [-0.05, 0) is 37.3 Å². The summed E-state index contributed by atoms with van der Waals surface area (Å²) in [4.78, 5) is 23.8. The fraction of sp³-hybridized carbons (Fsp3) is 0.500. The van der Waals surface area contributed by atoms with Gasteiger partial charge in [0.25, 0.3) is 0 Å². The van der Waals surface area contributed by atoms with Gasteiger partial charge in [0.05, 0.1) is 10.00 Å². The van der Waals surface area contributed by atoms with Crippen LogP contribution in [0, 0.1) is 5.92 Å². The first-order valence-corrected chi connectivity index (χ1v) is 8.86. The Balaban J connectivity index is 2.44. The van der Waals surface area contributed by atoms with Gasteiger partial charge < -0.3 is 4.79 Å². The summed E-state index contributed by atoms with van der Waals surface area (Å²) in [5.74, 6) is 2.06. The van der Waals surface area contributed by atoms with Gasteiger partial charge in [0.1, 0.15) is 11.6 Å². The molecule has 1 aromatic rings. The smallest absolute Gasteiger partial charge is 0.135 e. The first-order chi connectivity index (χ1) is 9.56. The highest BCUT2D eigenvalue weighted by Crippen LogP contribution is 2.56. The molecule has 108 valence electrons. The second-order valence-corrected chi connectivity index (χ2v) is 8.09. The van der Waals surface area contributed by atoms with Crippen molar-refractivity contribution >= 4 is 35.1 Å². The lowest BCUT2D eigenvalue weighted by molar-refractivity contribution is -0.126. The van der Waals surface area contributed by atoms with Crippen molar-refractivity contribution in [1.29, 1.82) is 0 Å². The SMILES string of the molecule is CC(=O)CC(C(C)=O)C1(c2ccccc2)SCCCS1. The fourth-order valence-corrected chi connectivity index (χ4v) is 6.33. The molecule has 1 unspecified atom stereocenters. The molecule has 0 aromatic heterocycles. The number of carbonyl (C=O) groups excluding carboxylic acids is 2. The van der Waals surface area contributed by atoms with E-state index in [1.165, 1.54) is 0 Å². The lowest BCUT2D eigenvalue weighted by Crippen LogP contribution is -2.37. The van der Waals surface area contributed by atoms with Gasteiger partial charge in [0, 0.05) is 6.42 Å². The van der Waals surface area contributed by atoms with E-state index in [0.29, 0.717) is 6.42 Å². The second kappa shape index (κ2) is 6.81. The second-order valence-electron chi connectivity index (χ2n) is 5.15. The molecule has 2 nitrogen and oxygen atoms in total. The van der Waals surface area contributed by atoms with Gasteiger partial charge in [-0.3, -0.25) is 4.79 Å². The van der Waals surface area contributed by atoms with Crippen LogP contribution < -0.4 is 0 Å². The van der Waals surface area contributed by atoms with Gasteiger partial charge in [-0.1, -0.05) is 30.3 Å². The molecule has 0 N–H and O–H groups in total. The number of carbonyl (C=O) groups is 2. The van der Waals surface area contributed by atoms with Gasteiger partial charge in [-0.2, -0.15) is 0 Å². The normalized spacial score (nSPS) is 19.3. The summed E-state index contributed by atoms with van der Waals surface area (Å²) in [6.07, 6.45) is 1.50. The van der Waals surface area contributed by atoms with E-state index in [-0.39, 0.29) is 21.6 Å². The maximum Gasteiger partial charge on any atom is 0.135 e. The summed E-state index contributed by atoms with van der Waals surface area (Å²) in [5.41, 5.74) is 1.16. The van der Waals surface area contributed by atoms with E-state index >= 15 is 0 Å². The van der Waals surface area contributed by atoms with E-state index < -0.39 is 0 Å². The molecule has 1 aliphatic heterocycles. The molecule has 1 heterocycles. The Morgan fingerprint density at radius 2 is 1.75 bits per heavy atom. The Kier molecular flexibility index (Phi) is 5.33. The zero-order valence-corrected chi connectivity index (χ0v) is 13.6. The summed E-state index contributed by atoms with van der Waals surface area (Å²) in [6.45, 7) is 3.20. The molecule has 0 aliphatic carbocycles. The third-order valence-corrected chi connectivity index (χ3v) is 7.13. The number of ketones is 2. The summed E-state index contributed by atoms with van der Waals surface area (Å²) >= 11 is 3.66. The third kappa shape index (κ3) is 3.29. The van der Waals surface area contributed by atoms with Crippen molar-refractivity contribution < 1.29 is 9.59 Å². The number of benzene rings is 1. The maximum absolute atomic E-state index is 12.2. The van der Waals surface area contributed by atoms with E-state index in [1.807, 2.05) is 41.7 Å². The summed E-state index contributed by atoms with van der Waals surface area (Å²) in [7, 11) is 0. The Morgan fingerprint density at radius 1 is 1.15 bits per heavy atom. The minimum atomic E-state index is -0.295. The molecule has 1 saturated heterocycles. The fourth-order valence-electron chi connectivity index (χ4n) is 2.62. The zero-order valence-electron chi connectivity index (χ0n) is 11.9. The monoisotopic (exact) mass is 308 g/mol. The highest BCUT2D eigenvalue weighted by molar-refractivity contribution is 8.18.